The minimum absolute atomic E-state index is 0.0722. The highest BCUT2D eigenvalue weighted by atomic mass is 19.1. The maximum atomic E-state index is 13.6. The number of ether oxygens (including phenoxy) is 6. The number of rotatable bonds is 26. The van der Waals surface area contributed by atoms with Crippen molar-refractivity contribution in [1.29, 1.82) is 0 Å². The minimum Gasteiger partial charge on any atom is -0.469 e. The van der Waals surface area contributed by atoms with E-state index in [1.807, 2.05) is 54.9 Å². The van der Waals surface area contributed by atoms with Crippen LogP contribution >= 0.6 is 0 Å². The molecule has 17 heteroatoms. The van der Waals surface area contributed by atoms with Crippen LogP contribution in [0, 0.1) is 29.5 Å². The number of carbonyl (C=O) groups is 4. The van der Waals surface area contributed by atoms with Gasteiger partial charge in [0.1, 0.15) is 5.82 Å². The van der Waals surface area contributed by atoms with E-state index in [4.69, 9.17) is 38.4 Å². The van der Waals surface area contributed by atoms with Gasteiger partial charge in [0.25, 0.3) is 0 Å². The van der Waals surface area contributed by atoms with Crippen molar-refractivity contribution in [3.05, 3.63) is 143 Å². The van der Waals surface area contributed by atoms with Gasteiger partial charge in [-0.15, -0.1) is 0 Å². The van der Waals surface area contributed by atoms with E-state index in [2.05, 4.69) is 102 Å². The number of aryl methyl sites for hydroxylation is 1. The Bertz CT molecular complexity index is 2720. The lowest BCUT2D eigenvalue weighted by atomic mass is 9.73. The summed E-state index contributed by atoms with van der Waals surface area (Å²) in [5, 5.41) is 0. The second-order valence-corrected chi connectivity index (χ2v) is 24.0. The quantitative estimate of drug-likeness (QED) is 0.0431. The standard InChI is InChI=1S/C35H49N3O5.C33H44FN3O5/c1-37(2)31(20-17-27-11-7-5-8-12-27)30-18-15-29(16-19-30)25-32-35(43-34(40)42-4,23-21-33(39)41-3)36-26-38(32)24-22-28-13-9-6-10-14-28;1-36(2)31(27-14-16-28(34)17-15-27)26-12-10-25(11-13-26)22-29-33(42-32(39)41-4,20-18-30(38)40-3)35-23-37(29)21-19-24-8-6-5-7-9-24/h5-14,26,29-32H,15-25H2,1-4H3;5-9,14-17,23,25-26,29,31H,10-13,18-22H2,1-4H3. The predicted octanol–water partition coefficient (Wildman–Crippen LogP) is 12.1. The predicted molar refractivity (Wildman–Crippen MR) is 328 cm³/mol. The van der Waals surface area contributed by atoms with Crippen molar-refractivity contribution in [2.45, 2.75) is 151 Å². The molecule has 0 bridgehead atoms. The topological polar surface area (TPSA) is 161 Å². The molecule has 2 aliphatic heterocycles. The van der Waals surface area contributed by atoms with Gasteiger partial charge in [0.05, 0.1) is 66.0 Å². The first kappa shape index (κ1) is 65.7. The lowest BCUT2D eigenvalue weighted by Gasteiger charge is -2.41. The monoisotopic (exact) mass is 1170 g/mol. The summed E-state index contributed by atoms with van der Waals surface area (Å²) in [5.74, 6) is 1.01. The molecule has 2 heterocycles. The zero-order valence-electron chi connectivity index (χ0n) is 51.5. The number of esters is 2. The molecule has 4 aromatic carbocycles. The van der Waals surface area contributed by atoms with E-state index in [9.17, 15) is 23.6 Å². The smallest absolute Gasteiger partial charge is 0.469 e. The van der Waals surface area contributed by atoms with Crippen molar-refractivity contribution in [3.63, 3.8) is 0 Å². The second kappa shape index (κ2) is 32.6. The summed E-state index contributed by atoms with van der Waals surface area (Å²) in [6.45, 7) is 1.44. The number of aliphatic imine (C=N–C) groups is 2. The van der Waals surface area contributed by atoms with E-state index in [-0.39, 0.29) is 61.6 Å². The number of nitrogens with zero attached hydrogens (tertiary/aromatic N) is 6. The summed E-state index contributed by atoms with van der Waals surface area (Å²) in [4.78, 5) is 67.9. The third-order valence-electron chi connectivity index (χ3n) is 18.3. The SMILES string of the molecule is COC(=O)CCC1(OC(=O)OC)N=CN(CCc2ccccc2)C1CC1CCC(C(CCc2ccccc2)N(C)C)CC1.COC(=O)CCC1(OC(=O)OC)N=CN(CCc2ccccc2)C1CC1CCC(C(c2ccc(F)cc2)N(C)C)CC1. The Balaban J connectivity index is 0.000000244. The van der Waals surface area contributed by atoms with Crippen molar-refractivity contribution < 1.29 is 52.0 Å². The summed E-state index contributed by atoms with van der Waals surface area (Å²) < 4.78 is 45.1. The van der Waals surface area contributed by atoms with Crippen LogP contribution in [-0.2, 0) is 57.3 Å². The van der Waals surface area contributed by atoms with Gasteiger partial charge < -0.3 is 48.0 Å². The van der Waals surface area contributed by atoms with Crippen LogP contribution in [0.2, 0.25) is 0 Å². The van der Waals surface area contributed by atoms with E-state index < -0.39 is 23.8 Å². The van der Waals surface area contributed by atoms with E-state index in [0.717, 1.165) is 89.2 Å². The molecule has 6 atom stereocenters. The van der Waals surface area contributed by atoms with Gasteiger partial charge >= 0.3 is 24.2 Å². The fraction of sp³-hybridized carbons (Fsp3) is 0.559. The molecule has 2 fully saturated rings. The van der Waals surface area contributed by atoms with Crippen LogP contribution in [0.3, 0.4) is 0 Å². The Morgan fingerprint density at radius 1 is 0.529 bits per heavy atom. The Morgan fingerprint density at radius 2 is 0.929 bits per heavy atom. The third-order valence-corrected chi connectivity index (χ3v) is 18.3. The number of benzene rings is 4. The van der Waals surface area contributed by atoms with Crippen molar-refractivity contribution in [1.82, 2.24) is 19.6 Å². The Morgan fingerprint density at radius 3 is 1.31 bits per heavy atom. The van der Waals surface area contributed by atoms with Crippen LogP contribution < -0.4 is 0 Å². The summed E-state index contributed by atoms with van der Waals surface area (Å²) in [6, 6.07) is 38.6. The molecule has 4 aromatic rings. The summed E-state index contributed by atoms with van der Waals surface area (Å²) in [5.41, 5.74) is 2.54. The molecule has 8 rings (SSSR count). The lowest BCUT2D eigenvalue weighted by Crippen LogP contribution is -2.50. The van der Waals surface area contributed by atoms with Gasteiger partial charge in [-0.05, 0) is 150 Å². The van der Waals surface area contributed by atoms with Crippen molar-refractivity contribution in [2.24, 2.45) is 33.7 Å². The molecule has 0 radical (unpaired) electrons. The molecule has 0 saturated heterocycles. The van der Waals surface area contributed by atoms with E-state index >= 15 is 0 Å². The molecule has 0 N–H and O–H groups in total. The molecule has 6 unspecified atom stereocenters. The lowest BCUT2D eigenvalue weighted by molar-refractivity contribution is -0.143. The normalized spacial score (nSPS) is 24.3. The summed E-state index contributed by atoms with van der Waals surface area (Å²) in [7, 11) is 13.9. The largest absolute Gasteiger partial charge is 0.510 e. The van der Waals surface area contributed by atoms with E-state index in [0.29, 0.717) is 36.3 Å². The number of carbonyl (C=O) groups excluding carboxylic acids is 4. The molecular weight excluding hydrogens is 1080 g/mol. The third kappa shape index (κ3) is 18.8. The van der Waals surface area contributed by atoms with Crippen LogP contribution in [-0.4, -0.2) is 156 Å². The van der Waals surface area contributed by atoms with Gasteiger partial charge in [0, 0.05) is 38.0 Å². The molecule has 0 aromatic heterocycles. The van der Waals surface area contributed by atoms with Crippen LogP contribution in [0.4, 0.5) is 14.0 Å². The molecule has 2 aliphatic carbocycles. The number of halogens is 1. The van der Waals surface area contributed by atoms with Gasteiger partial charge in [-0.2, -0.15) is 0 Å². The molecular formula is C68H93FN6O10. The van der Waals surface area contributed by atoms with Crippen LogP contribution in [0.5, 0.6) is 0 Å². The zero-order chi connectivity index (χ0) is 60.8. The Hall–Kier alpha value is -6.85. The minimum atomic E-state index is -1.24. The molecule has 0 amide bonds. The van der Waals surface area contributed by atoms with Crippen molar-refractivity contribution in [3.8, 4) is 0 Å². The number of hydrogen-bond donors (Lipinski definition) is 0. The first-order valence-electron chi connectivity index (χ1n) is 30.6. The fourth-order valence-electron chi connectivity index (χ4n) is 13.7. The first-order chi connectivity index (χ1) is 41.1. The van der Waals surface area contributed by atoms with E-state index in [1.54, 1.807) is 6.34 Å². The Labute approximate surface area is 504 Å². The second-order valence-electron chi connectivity index (χ2n) is 24.0. The average molecular weight is 1170 g/mol. The van der Waals surface area contributed by atoms with Crippen molar-refractivity contribution >= 4 is 36.9 Å². The van der Waals surface area contributed by atoms with Gasteiger partial charge in [-0.3, -0.25) is 9.59 Å². The van der Waals surface area contributed by atoms with Gasteiger partial charge in [-0.25, -0.2) is 24.0 Å². The molecule has 85 heavy (non-hydrogen) atoms. The first-order valence-corrected chi connectivity index (χ1v) is 30.6. The van der Waals surface area contributed by atoms with Crippen molar-refractivity contribution in [2.75, 3.05) is 69.7 Å². The molecule has 0 spiro atoms. The van der Waals surface area contributed by atoms with Crippen LogP contribution in [0.15, 0.2) is 125 Å². The number of methoxy groups -OCH3 is 4. The molecule has 4 aliphatic rings. The van der Waals surface area contributed by atoms with Crippen LogP contribution in [0.25, 0.3) is 0 Å². The Kier molecular flexibility index (Phi) is 25.2. The average Bonchev–Trinajstić information content (AvgIpc) is 2.92. The van der Waals surface area contributed by atoms with Gasteiger partial charge in [0.15, 0.2) is 0 Å². The number of hydrogen-bond acceptors (Lipinski definition) is 16. The summed E-state index contributed by atoms with van der Waals surface area (Å²) in [6.07, 6.45) is 16.8. The zero-order valence-corrected chi connectivity index (χ0v) is 51.5. The molecule has 2 saturated carbocycles. The highest BCUT2D eigenvalue weighted by molar-refractivity contribution is 5.71. The molecule has 462 valence electrons. The fourth-order valence-corrected chi connectivity index (χ4v) is 13.7. The maximum absolute atomic E-state index is 13.6. The highest BCUT2D eigenvalue weighted by Crippen LogP contribution is 2.45. The van der Waals surface area contributed by atoms with E-state index in [1.165, 1.54) is 70.1 Å². The summed E-state index contributed by atoms with van der Waals surface area (Å²) >= 11 is 0. The van der Waals surface area contributed by atoms with Gasteiger partial charge in [0.2, 0.25) is 11.4 Å². The van der Waals surface area contributed by atoms with Gasteiger partial charge in [-0.1, -0.05) is 129 Å². The highest BCUT2D eigenvalue weighted by Gasteiger charge is 2.52. The van der Waals surface area contributed by atoms with Crippen LogP contribution in [0.1, 0.15) is 125 Å². The maximum Gasteiger partial charge on any atom is 0.510 e. The molecule has 16 nitrogen and oxygen atoms in total.